The molecular formula is C12H16N2O3. The van der Waals surface area contributed by atoms with Gasteiger partial charge in [-0.2, -0.15) is 0 Å². The van der Waals surface area contributed by atoms with Crippen LogP contribution in [0.2, 0.25) is 0 Å². The predicted molar refractivity (Wildman–Crippen MR) is 62.8 cm³/mol. The lowest BCUT2D eigenvalue weighted by Gasteiger charge is -2.16. The molecule has 5 heteroatoms. The number of carbonyl (C=O) groups is 1. The van der Waals surface area contributed by atoms with E-state index in [0.29, 0.717) is 5.75 Å². The van der Waals surface area contributed by atoms with Crippen LogP contribution < -0.4 is 20.5 Å². The zero-order valence-electron chi connectivity index (χ0n) is 9.90. The molecule has 92 valence electrons. The van der Waals surface area contributed by atoms with Gasteiger partial charge in [-0.3, -0.25) is 4.79 Å². The Balaban J connectivity index is 2.09. The summed E-state index contributed by atoms with van der Waals surface area (Å²) in [6.07, 6.45) is 0. The molecule has 0 saturated heterocycles. The van der Waals surface area contributed by atoms with E-state index in [1.54, 1.807) is 6.92 Å². The molecule has 2 atom stereocenters. The molecule has 0 aliphatic carbocycles. The van der Waals surface area contributed by atoms with Crippen LogP contribution in [0, 0.1) is 0 Å². The minimum atomic E-state index is -0.508. The van der Waals surface area contributed by atoms with Crippen molar-refractivity contribution in [2.45, 2.75) is 25.9 Å². The number of benzene rings is 1. The number of hydrogen-bond acceptors (Lipinski definition) is 4. The van der Waals surface area contributed by atoms with E-state index in [4.69, 9.17) is 15.2 Å². The van der Waals surface area contributed by atoms with E-state index < -0.39 is 6.04 Å². The molecule has 0 aromatic heterocycles. The molecule has 0 saturated carbocycles. The standard InChI is InChI=1S/C12H16N2O3/c1-7(13)12(15)14-8(2)9-3-4-10-11(5-9)17-6-16-10/h3-5,7-8H,6,13H2,1-2H3,(H,14,15)/t7-,8+/m1/s1. The summed E-state index contributed by atoms with van der Waals surface area (Å²) in [5.74, 6) is 1.28. The SMILES string of the molecule is C[C@H](NC(=O)[C@@H](C)N)c1ccc2c(c1)OCO2. The van der Waals surface area contributed by atoms with Gasteiger partial charge in [0, 0.05) is 0 Å². The summed E-state index contributed by atoms with van der Waals surface area (Å²) in [6, 6.07) is 5.00. The van der Waals surface area contributed by atoms with Gasteiger partial charge in [0.1, 0.15) is 0 Å². The number of fused-ring (bicyclic) bond motifs is 1. The lowest BCUT2D eigenvalue weighted by molar-refractivity contribution is -0.122. The van der Waals surface area contributed by atoms with Gasteiger partial charge < -0.3 is 20.5 Å². The van der Waals surface area contributed by atoms with Crippen LogP contribution in [0.4, 0.5) is 0 Å². The minimum absolute atomic E-state index is 0.108. The Morgan fingerprint density at radius 3 is 2.76 bits per heavy atom. The molecule has 5 nitrogen and oxygen atoms in total. The number of nitrogens with one attached hydrogen (secondary N) is 1. The number of nitrogens with two attached hydrogens (primary N) is 1. The lowest BCUT2D eigenvalue weighted by atomic mass is 10.1. The van der Waals surface area contributed by atoms with E-state index in [1.165, 1.54) is 0 Å². The van der Waals surface area contributed by atoms with E-state index in [2.05, 4.69) is 5.32 Å². The average molecular weight is 236 g/mol. The second kappa shape index (κ2) is 4.63. The smallest absolute Gasteiger partial charge is 0.237 e. The van der Waals surface area contributed by atoms with Crippen LogP contribution >= 0.6 is 0 Å². The lowest BCUT2D eigenvalue weighted by Crippen LogP contribution is -2.39. The van der Waals surface area contributed by atoms with Crippen LogP contribution in [0.1, 0.15) is 25.5 Å². The fourth-order valence-electron chi connectivity index (χ4n) is 1.61. The van der Waals surface area contributed by atoms with Crippen LogP contribution in [0.3, 0.4) is 0 Å². The van der Waals surface area contributed by atoms with E-state index in [1.807, 2.05) is 25.1 Å². The fraction of sp³-hybridized carbons (Fsp3) is 0.417. The Labute approximate surface area is 99.9 Å². The van der Waals surface area contributed by atoms with Gasteiger partial charge in [-0.25, -0.2) is 0 Å². The maximum absolute atomic E-state index is 11.5. The molecule has 17 heavy (non-hydrogen) atoms. The van der Waals surface area contributed by atoms with Crippen LogP contribution in [-0.2, 0) is 4.79 Å². The van der Waals surface area contributed by atoms with Gasteiger partial charge >= 0.3 is 0 Å². The molecule has 0 bridgehead atoms. The van der Waals surface area contributed by atoms with Crippen molar-refractivity contribution >= 4 is 5.91 Å². The largest absolute Gasteiger partial charge is 0.454 e. The van der Waals surface area contributed by atoms with Crippen molar-refractivity contribution in [2.24, 2.45) is 5.73 Å². The third kappa shape index (κ3) is 2.50. The van der Waals surface area contributed by atoms with E-state index >= 15 is 0 Å². The first-order valence-corrected chi connectivity index (χ1v) is 5.53. The van der Waals surface area contributed by atoms with Crippen molar-refractivity contribution in [3.8, 4) is 11.5 Å². The van der Waals surface area contributed by atoms with Gasteiger partial charge in [-0.1, -0.05) is 6.07 Å². The van der Waals surface area contributed by atoms with E-state index in [0.717, 1.165) is 11.3 Å². The van der Waals surface area contributed by atoms with Gasteiger partial charge in [0.05, 0.1) is 12.1 Å². The topological polar surface area (TPSA) is 73.6 Å². The maximum atomic E-state index is 11.5. The van der Waals surface area contributed by atoms with E-state index in [-0.39, 0.29) is 18.7 Å². The van der Waals surface area contributed by atoms with Gasteiger partial charge in [0.15, 0.2) is 11.5 Å². The van der Waals surface area contributed by atoms with Crippen LogP contribution in [0.5, 0.6) is 11.5 Å². The molecule has 2 rings (SSSR count). The molecule has 0 spiro atoms. The first-order chi connectivity index (χ1) is 8.08. The van der Waals surface area contributed by atoms with Gasteiger partial charge in [0.2, 0.25) is 12.7 Å². The molecule has 1 heterocycles. The number of hydrogen-bond donors (Lipinski definition) is 2. The second-order valence-corrected chi connectivity index (χ2v) is 4.13. The molecular weight excluding hydrogens is 220 g/mol. The van der Waals surface area contributed by atoms with Crippen molar-refractivity contribution in [2.75, 3.05) is 6.79 Å². The minimum Gasteiger partial charge on any atom is -0.454 e. The summed E-state index contributed by atoms with van der Waals surface area (Å²) in [4.78, 5) is 11.5. The van der Waals surface area contributed by atoms with Crippen LogP contribution in [-0.4, -0.2) is 18.7 Å². The highest BCUT2D eigenvalue weighted by Gasteiger charge is 2.17. The molecule has 1 amide bonds. The molecule has 1 aliphatic rings. The van der Waals surface area contributed by atoms with Crippen molar-refractivity contribution in [1.82, 2.24) is 5.32 Å². The van der Waals surface area contributed by atoms with Crippen LogP contribution in [0.25, 0.3) is 0 Å². The van der Waals surface area contributed by atoms with Crippen LogP contribution in [0.15, 0.2) is 18.2 Å². The number of ether oxygens (including phenoxy) is 2. The normalized spacial score (nSPS) is 16.4. The highest BCUT2D eigenvalue weighted by molar-refractivity contribution is 5.81. The number of carbonyl (C=O) groups excluding carboxylic acids is 1. The summed E-state index contributed by atoms with van der Waals surface area (Å²) >= 11 is 0. The summed E-state index contributed by atoms with van der Waals surface area (Å²) in [5, 5.41) is 2.83. The van der Waals surface area contributed by atoms with Crippen molar-refractivity contribution < 1.29 is 14.3 Å². The first kappa shape index (κ1) is 11.7. The molecule has 3 N–H and O–H groups in total. The van der Waals surface area contributed by atoms with Crippen molar-refractivity contribution in [1.29, 1.82) is 0 Å². The second-order valence-electron chi connectivity index (χ2n) is 4.13. The molecule has 1 aromatic rings. The quantitative estimate of drug-likeness (QED) is 0.819. The fourth-order valence-corrected chi connectivity index (χ4v) is 1.61. The zero-order valence-corrected chi connectivity index (χ0v) is 9.90. The Morgan fingerprint density at radius 2 is 2.06 bits per heavy atom. The average Bonchev–Trinajstić information content (AvgIpc) is 2.75. The van der Waals surface area contributed by atoms with Gasteiger partial charge in [0.25, 0.3) is 0 Å². The zero-order chi connectivity index (χ0) is 12.4. The summed E-state index contributed by atoms with van der Waals surface area (Å²) < 4.78 is 10.5. The number of rotatable bonds is 3. The molecule has 0 radical (unpaired) electrons. The van der Waals surface area contributed by atoms with Crippen molar-refractivity contribution in [3.63, 3.8) is 0 Å². The molecule has 1 aliphatic heterocycles. The monoisotopic (exact) mass is 236 g/mol. The Morgan fingerprint density at radius 1 is 1.35 bits per heavy atom. The summed E-state index contributed by atoms with van der Waals surface area (Å²) in [6.45, 7) is 3.80. The third-order valence-electron chi connectivity index (χ3n) is 2.67. The predicted octanol–water partition coefficient (Wildman–Crippen LogP) is 0.940. The molecule has 1 aromatic carbocycles. The summed E-state index contributed by atoms with van der Waals surface area (Å²) in [7, 11) is 0. The highest BCUT2D eigenvalue weighted by atomic mass is 16.7. The van der Waals surface area contributed by atoms with Gasteiger partial charge in [-0.15, -0.1) is 0 Å². The third-order valence-corrected chi connectivity index (χ3v) is 2.67. The molecule has 0 fully saturated rings. The Bertz CT molecular complexity index is 432. The van der Waals surface area contributed by atoms with Crippen molar-refractivity contribution in [3.05, 3.63) is 23.8 Å². The molecule has 0 unspecified atom stereocenters. The van der Waals surface area contributed by atoms with E-state index in [9.17, 15) is 4.79 Å². The Kier molecular flexibility index (Phi) is 3.19. The summed E-state index contributed by atoms with van der Waals surface area (Å²) in [5.41, 5.74) is 6.46. The number of amides is 1. The highest BCUT2D eigenvalue weighted by Crippen LogP contribution is 2.34. The maximum Gasteiger partial charge on any atom is 0.237 e. The Hall–Kier alpha value is -1.75. The van der Waals surface area contributed by atoms with Gasteiger partial charge in [-0.05, 0) is 31.5 Å². The first-order valence-electron chi connectivity index (χ1n) is 5.53.